The van der Waals surface area contributed by atoms with Gasteiger partial charge in [-0.3, -0.25) is 38.1 Å². The summed E-state index contributed by atoms with van der Waals surface area (Å²) in [5.74, 6) is -4.73. The summed E-state index contributed by atoms with van der Waals surface area (Å²) in [7, 11) is -5.07. The smallest absolute Gasteiger partial charge is 0.376 e. The van der Waals surface area contributed by atoms with Crippen LogP contribution in [0.1, 0.15) is 90.3 Å². The SMILES string of the molecule is CC(C)C[C@H](NC(=O)[C@@H]1C[C@H](OCCCCc2ccccc2)CN1C(=O)CCCCCNC(=O)C(N)CS)C(=O)N[C@@H](Cc1cnc[nH]1)C(=O)N[C@@H](C)C(=O)N[C@H](C(N)=O)[C@@H](C)OP(=O)(O)O. The van der Waals surface area contributed by atoms with Crippen molar-refractivity contribution in [3.05, 3.63) is 54.1 Å². The number of hydrogen-bond donors (Lipinski definition) is 11. The molecule has 374 valence electrons. The molecule has 1 aliphatic rings. The van der Waals surface area contributed by atoms with Gasteiger partial charge in [-0.15, -0.1) is 0 Å². The molecule has 8 atom stereocenters. The molecule has 1 aliphatic heterocycles. The number of imidazole rings is 1. The highest BCUT2D eigenvalue weighted by Gasteiger charge is 2.41. The second kappa shape index (κ2) is 28.4. The van der Waals surface area contributed by atoms with Crippen LogP contribution in [0, 0.1) is 5.92 Å². The van der Waals surface area contributed by atoms with Gasteiger partial charge in [0.25, 0.3) is 0 Å². The van der Waals surface area contributed by atoms with Gasteiger partial charge in [0.1, 0.15) is 30.2 Å². The number of unbranched alkanes of at least 4 members (excludes halogenated alkanes) is 3. The fraction of sp³-hybridized carbons (Fsp3) is 0.628. The molecule has 1 aromatic heterocycles. The molecule has 67 heavy (non-hydrogen) atoms. The van der Waals surface area contributed by atoms with E-state index in [2.05, 4.69) is 65.8 Å². The Bertz CT molecular complexity index is 1960. The number of carbonyl (C=O) groups excluding carboxylic acids is 7. The van der Waals surface area contributed by atoms with Crippen molar-refractivity contribution in [3.63, 3.8) is 0 Å². The molecule has 2 aromatic rings. The molecule has 2 heterocycles. The number of aryl methyl sites for hydroxylation is 1. The Labute approximate surface area is 396 Å². The molecule has 24 heteroatoms. The minimum Gasteiger partial charge on any atom is -0.376 e. The molecular weight excluding hydrogens is 912 g/mol. The molecule has 1 fully saturated rings. The Kier molecular flexibility index (Phi) is 23.9. The summed E-state index contributed by atoms with van der Waals surface area (Å²) in [5, 5.41) is 13.0. The van der Waals surface area contributed by atoms with Crippen LogP contribution < -0.4 is 38.1 Å². The first-order chi connectivity index (χ1) is 31.7. The van der Waals surface area contributed by atoms with Gasteiger partial charge in [0.15, 0.2) is 0 Å². The highest BCUT2D eigenvalue weighted by Crippen LogP contribution is 2.38. The fourth-order valence-corrected chi connectivity index (χ4v) is 8.06. The summed E-state index contributed by atoms with van der Waals surface area (Å²) >= 11 is 4.04. The highest BCUT2D eigenvalue weighted by atomic mass is 32.1. The van der Waals surface area contributed by atoms with Crippen LogP contribution in [0.4, 0.5) is 0 Å². The van der Waals surface area contributed by atoms with Gasteiger partial charge in [-0.05, 0) is 63.9 Å². The molecule has 0 bridgehead atoms. The monoisotopic (exact) mass is 980 g/mol. The number of rotatable bonds is 30. The fourth-order valence-electron chi connectivity index (χ4n) is 7.34. The molecule has 1 saturated heterocycles. The van der Waals surface area contributed by atoms with Gasteiger partial charge in [-0.2, -0.15) is 12.6 Å². The molecular formula is C43H69N10O12PS. The van der Waals surface area contributed by atoms with Crippen molar-refractivity contribution in [2.75, 3.05) is 25.4 Å². The van der Waals surface area contributed by atoms with Crippen molar-refractivity contribution < 1.29 is 57.2 Å². The van der Waals surface area contributed by atoms with Gasteiger partial charge in [0.05, 0.1) is 24.6 Å². The number of hydrogen-bond acceptors (Lipinski definition) is 13. The number of aromatic nitrogens is 2. The van der Waals surface area contributed by atoms with E-state index in [4.69, 9.17) is 16.2 Å². The zero-order valence-corrected chi connectivity index (χ0v) is 40.3. The van der Waals surface area contributed by atoms with Crippen LogP contribution in [0.5, 0.6) is 0 Å². The van der Waals surface area contributed by atoms with E-state index in [1.165, 1.54) is 29.9 Å². The van der Waals surface area contributed by atoms with Crippen LogP contribution >= 0.6 is 20.5 Å². The summed E-state index contributed by atoms with van der Waals surface area (Å²) in [5.41, 5.74) is 12.7. The van der Waals surface area contributed by atoms with Gasteiger partial charge in [0, 0.05) is 56.6 Å². The Morgan fingerprint density at radius 2 is 1.61 bits per heavy atom. The van der Waals surface area contributed by atoms with Gasteiger partial charge >= 0.3 is 7.82 Å². The lowest BCUT2D eigenvalue weighted by Crippen LogP contribution is -2.59. The summed E-state index contributed by atoms with van der Waals surface area (Å²) in [4.78, 5) is 120. The molecule has 0 saturated carbocycles. The van der Waals surface area contributed by atoms with Crippen LogP contribution in [-0.4, -0.2) is 140 Å². The largest absolute Gasteiger partial charge is 0.469 e. The predicted octanol–water partition coefficient (Wildman–Crippen LogP) is -0.117. The second-order valence-electron chi connectivity index (χ2n) is 17.1. The molecule has 0 spiro atoms. The normalized spacial score (nSPS) is 17.7. The van der Waals surface area contributed by atoms with Crippen molar-refractivity contribution in [2.45, 2.75) is 140 Å². The number of phosphoric ester groups is 1. The van der Waals surface area contributed by atoms with Crippen LogP contribution in [-0.2, 0) is 60.2 Å². The van der Waals surface area contributed by atoms with Crippen LogP contribution in [0.2, 0.25) is 0 Å². The van der Waals surface area contributed by atoms with Gasteiger partial charge in [-0.1, -0.05) is 50.6 Å². The number of likely N-dealkylation sites (tertiary alicyclic amines) is 1. The number of carbonyl (C=O) groups is 7. The molecule has 3 rings (SSSR count). The van der Waals surface area contributed by atoms with Crippen molar-refractivity contribution >= 4 is 61.8 Å². The van der Waals surface area contributed by atoms with Gasteiger partial charge in [-0.25, -0.2) is 9.55 Å². The third-order valence-corrected chi connectivity index (χ3v) is 11.9. The predicted molar refractivity (Wildman–Crippen MR) is 249 cm³/mol. The lowest BCUT2D eigenvalue weighted by Gasteiger charge is -2.28. The maximum atomic E-state index is 14.2. The number of phosphoric acid groups is 1. The molecule has 12 N–H and O–H groups in total. The quantitative estimate of drug-likeness (QED) is 0.0277. The molecule has 7 amide bonds. The number of thiol groups is 1. The van der Waals surface area contributed by atoms with E-state index in [1.54, 1.807) is 0 Å². The first-order valence-corrected chi connectivity index (χ1v) is 24.7. The van der Waals surface area contributed by atoms with E-state index >= 15 is 0 Å². The summed E-state index contributed by atoms with van der Waals surface area (Å²) < 4.78 is 22.1. The number of ether oxygens (including phenoxy) is 1. The molecule has 0 aliphatic carbocycles. The first-order valence-electron chi connectivity index (χ1n) is 22.5. The Balaban J connectivity index is 1.73. The number of nitrogens with one attached hydrogen (secondary N) is 6. The van der Waals surface area contributed by atoms with Crippen LogP contribution in [0.3, 0.4) is 0 Å². The molecule has 1 unspecified atom stereocenters. The lowest BCUT2D eigenvalue weighted by atomic mass is 10.0. The maximum Gasteiger partial charge on any atom is 0.469 e. The average molecular weight is 981 g/mol. The summed E-state index contributed by atoms with van der Waals surface area (Å²) in [6.07, 6.45) is 5.42. The number of benzene rings is 1. The minimum atomic E-state index is -5.07. The third kappa shape index (κ3) is 20.5. The van der Waals surface area contributed by atoms with Gasteiger partial charge < -0.3 is 62.5 Å². The minimum absolute atomic E-state index is 0.124. The van der Waals surface area contributed by atoms with Crippen molar-refractivity contribution in [1.29, 1.82) is 0 Å². The van der Waals surface area contributed by atoms with Crippen molar-refractivity contribution in [1.82, 2.24) is 41.5 Å². The van der Waals surface area contributed by atoms with Crippen LogP contribution in [0.15, 0.2) is 42.9 Å². The number of aromatic amines is 1. The maximum absolute atomic E-state index is 14.2. The van der Waals surface area contributed by atoms with Crippen molar-refractivity contribution in [3.8, 4) is 0 Å². The first kappa shape index (κ1) is 56.4. The molecule has 1 aromatic carbocycles. The molecule has 22 nitrogen and oxygen atoms in total. The third-order valence-electron chi connectivity index (χ3n) is 10.9. The van der Waals surface area contributed by atoms with E-state index in [1.807, 2.05) is 32.0 Å². The topological polar surface area (TPSA) is 340 Å². The Hall–Kier alpha value is -4.90. The Morgan fingerprint density at radius 3 is 2.24 bits per heavy atom. The van der Waals surface area contributed by atoms with E-state index < -0.39 is 85.8 Å². The van der Waals surface area contributed by atoms with E-state index in [0.29, 0.717) is 38.1 Å². The van der Waals surface area contributed by atoms with Crippen LogP contribution in [0.25, 0.3) is 0 Å². The summed E-state index contributed by atoms with van der Waals surface area (Å²) in [6.45, 7) is 7.06. The Morgan fingerprint density at radius 1 is 0.910 bits per heavy atom. The van der Waals surface area contributed by atoms with Gasteiger partial charge in [0.2, 0.25) is 41.4 Å². The number of primary amides is 1. The van der Waals surface area contributed by atoms with Crippen molar-refractivity contribution in [2.24, 2.45) is 17.4 Å². The van der Waals surface area contributed by atoms with E-state index in [9.17, 15) is 47.9 Å². The number of H-pyrrole nitrogens is 1. The second-order valence-corrected chi connectivity index (χ2v) is 18.6. The standard InChI is InChI=1S/C43H69N10O12PS/c1-26(2)19-33(42(59)50-34(20-30-22-46-25-48-30)41(58)49-27(3)39(56)52-37(38(45)55)28(4)65-66(61,62)63)51-43(60)35-21-31(64-18-12-10-15-29-13-7-5-8-14-29)23-53(35)36(54)16-9-6-11-17-47-40(57)32(44)24-67/h5,7-8,13-14,22,25-28,31-35,37,67H,6,9-12,15-21,23-24,44H2,1-4H3,(H2,45,55)(H,46,48)(H,47,57)(H,49,58)(H,50,59)(H,51,60)(H,52,56)(H2,61,62,63)/t27-,28+,31-,32?,33-,34-,35-,37-/m0/s1. The number of nitrogens with two attached hydrogens (primary N) is 2. The highest BCUT2D eigenvalue weighted by molar-refractivity contribution is 7.80. The van der Waals surface area contributed by atoms with E-state index in [0.717, 1.165) is 26.2 Å². The number of amides is 7. The zero-order valence-electron chi connectivity index (χ0n) is 38.6. The lowest BCUT2D eigenvalue weighted by molar-refractivity contribution is -0.140. The zero-order chi connectivity index (χ0) is 49.7. The molecule has 0 radical (unpaired) electrons. The average Bonchev–Trinajstić information content (AvgIpc) is 3.95. The summed E-state index contributed by atoms with van der Waals surface area (Å²) in [6, 6.07) is 2.83. The van der Waals surface area contributed by atoms with E-state index in [-0.39, 0.29) is 55.7 Å². The number of nitrogens with zero attached hydrogens (tertiary/aromatic N) is 2.